The van der Waals surface area contributed by atoms with Crippen molar-refractivity contribution in [3.63, 3.8) is 0 Å². The number of rotatable bonds is 12. The van der Waals surface area contributed by atoms with Crippen molar-refractivity contribution in [2.24, 2.45) is 39.4 Å². The highest BCUT2D eigenvalue weighted by Crippen LogP contribution is 2.75. The minimum Gasteiger partial charge on any atom is -0.465 e. The van der Waals surface area contributed by atoms with E-state index in [-0.39, 0.29) is 53.7 Å². The van der Waals surface area contributed by atoms with Gasteiger partial charge >= 0.3 is 5.97 Å². The van der Waals surface area contributed by atoms with Crippen molar-refractivity contribution in [3.05, 3.63) is 11.6 Å². The third-order valence-corrected chi connectivity index (χ3v) is 18.4. The number of aliphatic hydroxyl groups is 10. The summed E-state index contributed by atoms with van der Waals surface area (Å²) in [6, 6.07) is 0. The highest BCUT2D eigenvalue weighted by atomic mass is 16.8. The summed E-state index contributed by atoms with van der Waals surface area (Å²) < 4.78 is 49.4. The van der Waals surface area contributed by atoms with Gasteiger partial charge < -0.3 is 89.0 Å². The van der Waals surface area contributed by atoms with Gasteiger partial charge in [0.1, 0.15) is 67.1 Å². The second kappa shape index (κ2) is 18.9. The Balaban J connectivity index is 1.00. The number of allylic oxidation sites excluding steroid dienone is 1. The Morgan fingerprint density at radius 3 is 1.97 bits per heavy atom. The summed E-state index contributed by atoms with van der Waals surface area (Å²) in [6.07, 6.45) is -15.5. The van der Waals surface area contributed by atoms with Gasteiger partial charge in [-0.05, 0) is 100 Å². The van der Waals surface area contributed by atoms with Crippen molar-refractivity contribution in [1.82, 2.24) is 0 Å². The van der Waals surface area contributed by atoms with Crippen LogP contribution in [0.4, 0.5) is 0 Å². The molecule has 1 spiro atoms. The van der Waals surface area contributed by atoms with Crippen LogP contribution in [0.2, 0.25) is 0 Å². The van der Waals surface area contributed by atoms with E-state index < -0.39 is 134 Å². The van der Waals surface area contributed by atoms with Crippen molar-refractivity contribution in [3.8, 4) is 0 Å². The molecule has 8 aliphatic rings. The van der Waals surface area contributed by atoms with Crippen LogP contribution in [0.3, 0.4) is 0 Å². The van der Waals surface area contributed by atoms with Crippen LogP contribution in [0.15, 0.2) is 11.6 Å². The Morgan fingerprint density at radius 2 is 1.34 bits per heavy atom. The number of carbonyl (C=O) groups is 1. The Labute approximate surface area is 392 Å². The van der Waals surface area contributed by atoms with Gasteiger partial charge in [-0.2, -0.15) is 0 Å². The zero-order valence-corrected chi connectivity index (χ0v) is 40.1. The molecule has 3 saturated carbocycles. The van der Waals surface area contributed by atoms with Gasteiger partial charge in [-0.1, -0.05) is 39.3 Å². The van der Waals surface area contributed by atoms with E-state index in [0.717, 1.165) is 37.7 Å². The molecule has 0 aromatic heterocycles. The van der Waals surface area contributed by atoms with Crippen LogP contribution in [0.25, 0.3) is 0 Å². The number of epoxide rings is 1. The Bertz CT molecular complexity index is 1800. The zero-order chi connectivity index (χ0) is 48.9. The molecule has 19 nitrogen and oxygen atoms in total. The average molecular weight is 959 g/mol. The zero-order valence-electron chi connectivity index (χ0n) is 40.1. The number of hydrogen-bond donors (Lipinski definition) is 10. The summed E-state index contributed by atoms with van der Waals surface area (Å²) in [5.74, 6) is 0.0622. The molecule has 8 fully saturated rings. The van der Waals surface area contributed by atoms with Crippen molar-refractivity contribution >= 4 is 5.97 Å². The summed E-state index contributed by atoms with van der Waals surface area (Å²) in [4.78, 5) is 13.4. The summed E-state index contributed by atoms with van der Waals surface area (Å²) in [7, 11) is 0. The quantitative estimate of drug-likeness (QED) is 0.0530. The van der Waals surface area contributed by atoms with Crippen LogP contribution in [0.5, 0.6) is 0 Å². The fourth-order valence-electron chi connectivity index (χ4n) is 14.6. The van der Waals surface area contributed by atoms with Gasteiger partial charge in [-0.3, -0.25) is 4.79 Å². The Kier molecular flexibility index (Phi) is 14.6. The molecule has 5 saturated heterocycles. The number of aliphatic hydroxyl groups excluding tert-OH is 10. The summed E-state index contributed by atoms with van der Waals surface area (Å²) >= 11 is 0. The number of hydrogen-bond acceptors (Lipinski definition) is 19. The predicted octanol–water partition coefficient (Wildman–Crippen LogP) is -0.0757. The minimum absolute atomic E-state index is 0.0293. The molecule has 0 bridgehead atoms. The van der Waals surface area contributed by atoms with Crippen LogP contribution in [-0.4, -0.2) is 193 Å². The molecule has 2 unspecified atom stereocenters. The Morgan fingerprint density at radius 1 is 0.716 bits per heavy atom. The molecular weight excluding hydrogens is 881 g/mol. The largest absolute Gasteiger partial charge is 0.465 e. The van der Waals surface area contributed by atoms with Gasteiger partial charge in [0.15, 0.2) is 18.9 Å². The molecule has 19 heteroatoms. The van der Waals surface area contributed by atoms with Gasteiger partial charge in [0, 0.05) is 11.8 Å². The Hall–Kier alpha value is -1.47. The summed E-state index contributed by atoms with van der Waals surface area (Å²) in [6.45, 7) is 15.5. The van der Waals surface area contributed by atoms with Crippen LogP contribution < -0.4 is 0 Å². The molecule has 67 heavy (non-hydrogen) atoms. The van der Waals surface area contributed by atoms with Crippen molar-refractivity contribution in [2.75, 3.05) is 19.8 Å². The first kappa shape index (κ1) is 51.9. The molecule has 3 aliphatic carbocycles. The molecule has 5 aliphatic heterocycles. The maximum absolute atomic E-state index is 13.4. The fraction of sp³-hybridized carbons (Fsp3) is 0.938. The second-order valence-electron chi connectivity index (χ2n) is 22.9. The van der Waals surface area contributed by atoms with E-state index in [4.69, 9.17) is 37.9 Å². The minimum atomic E-state index is -1.69. The molecule has 8 rings (SSSR count). The lowest BCUT2D eigenvalue weighted by Gasteiger charge is -2.70. The van der Waals surface area contributed by atoms with E-state index >= 15 is 0 Å². The highest BCUT2D eigenvalue weighted by molar-refractivity contribution is 5.73. The molecular formula is C48H78O19. The first-order valence-corrected chi connectivity index (χ1v) is 24.4. The van der Waals surface area contributed by atoms with Crippen LogP contribution in [0, 0.1) is 39.4 Å². The third-order valence-electron chi connectivity index (χ3n) is 18.4. The van der Waals surface area contributed by atoms with E-state index in [1.165, 1.54) is 6.92 Å². The van der Waals surface area contributed by atoms with E-state index in [1.807, 2.05) is 26.8 Å². The molecule has 384 valence electrons. The van der Waals surface area contributed by atoms with Gasteiger partial charge in [-0.15, -0.1) is 0 Å². The SMILES string of the molecule is CC(C)=C[C@@H](C[C@]1(C)O[C@H]1[C@H]1CCC2[C@@]3(C)CC[C@H](O[C@@H]4O[C@H](CO)[C@@H](O)[C@H](O)[C@H]4O[C@@H]4O[C@@H](C)[C@H](O)[C@@H](O)[C@H]4O)C(C)(C)C3CC[C@@]2(C)[C@@]12COC(=O)C2)O[C@@H]1O[C@H](CO)[C@@H](O)[C@H](O)[C@H]1O. The van der Waals surface area contributed by atoms with Crippen molar-refractivity contribution in [1.29, 1.82) is 0 Å². The summed E-state index contributed by atoms with van der Waals surface area (Å²) in [5.41, 5.74) is -1.29. The maximum atomic E-state index is 13.4. The lowest BCUT2D eigenvalue weighted by atomic mass is 9.34. The highest BCUT2D eigenvalue weighted by Gasteiger charge is 2.74. The standard InChI is InChI=1S/C48H78O19/c1-21(2)15-23(62-42-38(59)35(56)32(53)25(18-49)63-42)16-47(8)40(67-47)24-9-10-28-45(6)13-12-29(44(4,5)27(45)11-14-46(28,7)48(24)17-30(51)60-20-48)65-43-39(36(57)33(54)26(19-50)64-43)66-41-37(58)34(55)31(52)22(3)61-41/h15,22-29,31-43,49-50,52-59H,9-14,16-20H2,1-8H3/t22-,23-,24+,25+,26+,27?,28?,29-,31-,32+,33+,34+,35-,36-,37+,38+,39+,40-,41-,42+,43-,45-,46+,47-,48-/m0/s1. The van der Waals surface area contributed by atoms with Gasteiger partial charge in [-0.25, -0.2) is 0 Å². The second-order valence-corrected chi connectivity index (χ2v) is 22.9. The molecule has 0 amide bonds. The number of ether oxygens (including phenoxy) is 8. The number of fused-ring (bicyclic) bond motifs is 4. The third kappa shape index (κ3) is 8.78. The molecule has 0 aromatic carbocycles. The average Bonchev–Trinajstić information content (AvgIpc) is 3.75. The van der Waals surface area contributed by atoms with Crippen molar-refractivity contribution < 1.29 is 93.8 Å². The smallest absolute Gasteiger partial charge is 0.306 e. The van der Waals surface area contributed by atoms with Crippen LogP contribution in [0.1, 0.15) is 107 Å². The van der Waals surface area contributed by atoms with E-state index in [0.29, 0.717) is 12.8 Å². The van der Waals surface area contributed by atoms with E-state index in [1.54, 1.807) is 0 Å². The fourth-order valence-corrected chi connectivity index (χ4v) is 14.6. The molecule has 25 atom stereocenters. The predicted molar refractivity (Wildman–Crippen MR) is 232 cm³/mol. The molecule has 5 heterocycles. The van der Waals surface area contributed by atoms with Crippen molar-refractivity contribution in [2.45, 2.75) is 223 Å². The lowest BCUT2D eigenvalue weighted by Crippen LogP contribution is -2.67. The topological polar surface area (TPSA) is 297 Å². The number of esters is 1. The summed E-state index contributed by atoms with van der Waals surface area (Å²) in [5, 5.41) is 105. The molecule has 0 radical (unpaired) electrons. The van der Waals surface area contributed by atoms with E-state index in [9.17, 15) is 55.9 Å². The maximum Gasteiger partial charge on any atom is 0.306 e. The van der Waals surface area contributed by atoms with Gasteiger partial charge in [0.25, 0.3) is 0 Å². The number of cyclic esters (lactones) is 1. The lowest BCUT2D eigenvalue weighted by molar-refractivity contribution is -0.376. The monoisotopic (exact) mass is 959 g/mol. The van der Waals surface area contributed by atoms with Gasteiger partial charge in [0.2, 0.25) is 0 Å². The van der Waals surface area contributed by atoms with E-state index in [2.05, 4.69) is 27.7 Å². The molecule has 0 aromatic rings. The van der Waals surface area contributed by atoms with Crippen LogP contribution in [-0.2, 0) is 42.7 Å². The molecule has 10 N–H and O–H groups in total. The number of carbonyl (C=O) groups excluding carboxylic acids is 1. The first-order chi connectivity index (χ1) is 31.4. The van der Waals surface area contributed by atoms with Crippen LogP contribution >= 0.6 is 0 Å². The first-order valence-electron chi connectivity index (χ1n) is 24.4. The normalized spacial score (nSPS) is 53.3. The van der Waals surface area contributed by atoms with Gasteiger partial charge in [0.05, 0.1) is 56.3 Å².